The number of carbonyl (C=O) groups is 4. The summed E-state index contributed by atoms with van der Waals surface area (Å²) in [4.78, 5) is 55.5. The van der Waals surface area contributed by atoms with E-state index in [4.69, 9.17) is 4.74 Å². The Morgan fingerprint density at radius 1 is 1.29 bits per heavy atom. The fourth-order valence-corrected chi connectivity index (χ4v) is 5.83. The predicted molar refractivity (Wildman–Crippen MR) is 138 cm³/mol. The van der Waals surface area contributed by atoms with Gasteiger partial charge in [-0.15, -0.1) is 11.3 Å². The van der Waals surface area contributed by atoms with Crippen LogP contribution in [0.25, 0.3) is 10.2 Å². The minimum Gasteiger partial charge on any atom is -0.497 e. The van der Waals surface area contributed by atoms with Crippen molar-refractivity contribution in [2.45, 2.75) is 51.2 Å². The first-order valence-corrected chi connectivity index (χ1v) is 13.0. The van der Waals surface area contributed by atoms with Crippen LogP contribution in [0, 0.1) is 5.82 Å². The molecule has 0 radical (unpaired) electrons. The second kappa shape index (κ2) is 9.67. The number of halogens is 1. The monoisotopic (exact) mass is 539 g/mol. The molecule has 0 spiro atoms. The number of piperidine rings is 1. The van der Waals surface area contributed by atoms with Gasteiger partial charge in [-0.05, 0) is 50.1 Å². The smallest absolute Gasteiger partial charge is 0.320 e. The molecule has 2 aliphatic heterocycles. The number of benzene rings is 2. The second-order valence-corrected chi connectivity index (χ2v) is 10.5. The van der Waals surface area contributed by atoms with E-state index in [0.29, 0.717) is 17.2 Å². The number of fused-ring (bicyclic) bond motifs is 2. The third-order valence-electron chi connectivity index (χ3n) is 7.06. The van der Waals surface area contributed by atoms with Crippen molar-refractivity contribution in [3.8, 4) is 5.75 Å². The van der Waals surface area contributed by atoms with Crippen LogP contribution in [0.2, 0.25) is 0 Å². The maximum absolute atomic E-state index is 15.5. The van der Waals surface area contributed by atoms with Crippen LogP contribution in [0.3, 0.4) is 0 Å². The SMILES string of the molecule is CC[C@](C)(NC(=O)Nc1ccc2c(c1F)CN(C1CCC(=O)NC1=O)C2=O)c1nc2ccc(OC)cc2s1. The van der Waals surface area contributed by atoms with Crippen molar-refractivity contribution >= 4 is 51.0 Å². The molecule has 5 rings (SSSR count). The van der Waals surface area contributed by atoms with E-state index in [-0.39, 0.29) is 36.2 Å². The van der Waals surface area contributed by atoms with Gasteiger partial charge in [0, 0.05) is 17.5 Å². The van der Waals surface area contributed by atoms with Gasteiger partial charge in [-0.3, -0.25) is 19.7 Å². The van der Waals surface area contributed by atoms with Gasteiger partial charge in [-0.2, -0.15) is 0 Å². The number of thiazole rings is 1. The van der Waals surface area contributed by atoms with Crippen LogP contribution in [0.4, 0.5) is 14.9 Å². The summed E-state index contributed by atoms with van der Waals surface area (Å²) >= 11 is 1.44. The number of hydrogen-bond donors (Lipinski definition) is 3. The van der Waals surface area contributed by atoms with Crippen LogP contribution in [0.5, 0.6) is 5.75 Å². The first kappa shape index (κ1) is 25.6. The number of amides is 5. The van der Waals surface area contributed by atoms with Crippen molar-refractivity contribution < 1.29 is 28.3 Å². The summed E-state index contributed by atoms with van der Waals surface area (Å²) in [5.41, 5.74) is 0.0822. The molecule has 3 aromatic rings. The van der Waals surface area contributed by atoms with E-state index < -0.39 is 41.2 Å². The lowest BCUT2D eigenvalue weighted by Crippen LogP contribution is -2.52. The normalized spacial score (nSPS) is 18.7. The van der Waals surface area contributed by atoms with Crippen molar-refractivity contribution in [1.29, 1.82) is 0 Å². The Balaban J connectivity index is 1.33. The molecule has 5 amide bonds. The lowest BCUT2D eigenvalue weighted by Gasteiger charge is -2.29. The summed E-state index contributed by atoms with van der Waals surface area (Å²) in [6.45, 7) is 3.63. The summed E-state index contributed by atoms with van der Waals surface area (Å²) in [6.07, 6.45) is 0.803. The number of anilines is 1. The molecule has 10 nitrogen and oxygen atoms in total. The number of ether oxygens (including phenoxy) is 1. The fourth-order valence-electron chi connectivity index (χ4n) is 4.67. The Hall–Kier alpha value is -4.06. The molecule has 2 atom stereocenters. The van der Waals surface area contributed by atoms with Gasteiger partial charge in [0.05, 0.1) is 35.1 Å². The third kappa shape index (κ3) is 4.44. The van der Waals surface area contributed by atoms with Crippen LogP contribution in [0.15, 0.2) is 30.3 Å². The van der Waals surface area contributed by atoms with E-state index in [9.17, 15) is 19.2 Å². The first-order chi connectivity index (χ1) is 18.1. The van der Waals surface area contributed by atoms with Crippen molar-refractivity contribution in [1.82, 2.24) is 20.5 Å². The number of nitrogens with one attached hydrogen (secondary N) is 3. The summed E-state index contributed by atoms with van der Waals surface area (Å²) in [5, 5.41) is 8.37. The standard InChI is InChI=1S/C26H26FN5O5S/c1-4-26(2,24-28-16-7-5-13(37-3)11-19(16)38-24)31-25(36)29-17-8-6-14-15(21(17)27)12-32(23(14)35)18-9-10-20(33)30-22(18)34/h5-8,11,18H,4,9-10,12H2,1-3H3,(H2,29,31,36)(H,30,33,34)/t18?,26-/m0/s1. The molecule has 1 aromatic heterocycles. The van der Waals surface area contributed by atoms with Gasteiger partial charge in [-0.25, -0.2) is 14.2 Å². The van der Waals surface area contributed by atoms with Crippen LogP contribution in [-0.2, 0) is 21.7 Å². The molecular formula is C26H26FN5O5S. The summed E-state index contributed by atoms with van der Waals surface area (Å²) in [6, 6.07) is 6.82. The van der Waals surface area contributed by atoms with Crippen molar-refractivity contribution in [3.63, 3.8) is 0 Å². The van der Waals surface area contributed by atoms with E-state index in [2.05, 4.69) is 20.9 Å². The van der Waals surface area contributed by atoms with Crippen LogP contribution in [0.1, 0.15) is 54.0 Å². The highest BCUT2D eigenvalue weighted by Gasteiger charge is 2.40. The molecule has 3 N–H and O–H groups in total. The number of rotatable bonds is 6. The van der Waals surface area contributed by atoms with Gasteiger partial charge >= 0.3 is 6.03 Å². The van der Waals surface area contributed by atoms with Crippen molar-refractivity contribution in [2.24, 2.45) is 0 Å². The Morgan fingerprint density at radius 3 is 2.79 bits per heavy atom. The lowest BCUT2D eigenvalue weighted by molar-refractivity contribution is -0.136. The maximum Gasteiger partial charge on any atom is 0.320 e. The summed E-state index contributed by atoms with van der Waals surface area (Å²) < 4.78 is 21.7. The predicted octanol–water partition coefficient (Wildman–Crippen LogP) is 3.65. The molecule has 2 aliphatic rings. The Morgan fingerprint density at radius 2 is 2.08 bits per heavy atom. The van der Waals surface area contributed by atoms with Gasteiger partial charge in [0.1, 0.15) is 16.8 Å². The average Bonchev–Trinajstić information content (AvgIpc) is 3.47. The van der Waals surface area contributed by atoms with Crippen LogP contribution in [-0.4, -0.2) is 46.8 Å². The zero-order chi connectivity index (χ0) is 27.2. The minimum atomic E-state index is -0.856. The van der Waals surface area contributed by atoms with E-state index in [1.807, 2.05) is 32.0 Å². The number of aromatic nitrogens is 1. The molecule has 0 saturated carbocycles. The lowest BCUT2D eigenvalue weighted by atomic mass is 10.0. The molecule has 1 saturated heterocycles. The topological polar surface area (TPSA) is 130 Å². The van der Waals surface area contributed by atoms with E-state index in [1.54, 1.807) is 7.11 Å². The average molecular weight is 540 g/mol. The Labute approximate surface area is 221 Å². The first-order valence-electron chi connectivity index (χ1n) is 12.1. The summed E-state index contributed by atoms with van der Waals surface area (Å²) in [7, 11) is 1.59. The molecular weight excluding hydrogens is 513 g/mol. The molecule has 0 bridgehead atoms. The van der Waals surface area contributed by atoms with Crippen molar-refractivity contribution in [2.75, 3.05) is 12.4 Å². The molecule has 1 unspecified atom stereocenters. The van der Waals surface area contributed by atoms with Crippen molar-refractivity contribution in [3.05, 3.63) is 52.3 Å². The van der Waals surface area contributed by atoms with E-state index >= 15 is 4.39 Å². The largest absolute Gasteiger partial charge is 0.497 e. The highest BCUT2D eigenvalue weighted by Crippen LogP contribution is 2.35. The molecule has 0 aliphatic carbocycles. The molecule has 2 aromatic carbocycles. The van der Waals surface area contributed by atoms with Gasteiger partial charge in [0.2, 0.25) is 11.8 Å². The third-order valence-corrected chi connectivity index (χ3v) is 8.34. The zero-order valence-electron chi connectivity index (χ0n) is 21.0. The second-order valence-electron chi connectivity index (χ2n) is 9.47. The summed E-state index contributed by atoms with van der Waals surface area (Å²) in [5.74, 6) is -1.50. The number of urea groups is 1. The van der Waals surface area contributed by atoms with Crippen LogP contribution >= 0.6 is 11.3 Å². The number of hydrogen-bond acceptors (Lipinski definition) is 7. The highest BCUT2D eigenvalue weighted by atomic mass is 32.1. The maximum atomic E-state index is 15.5. The van der Waals surface area contributed by atoms with Gasteiger partial charge < -0.3 is 20.3 Å². The zero-order valence-corrected chi connectivity index (χ0v) is 21.8. The highest BCUT2D eigenvalue weighted by molar-refractivity contribution is 7.18. The molecule has 3 heterocycles. The minimum absolute atomic E-state index is 0.0911. The number of imide groups is 1. The Kier molecular flexibility index (Phi) is 6.51. The Bertz CT molecular complexity index is 1490. The van der Waals surface area contributed by atoms with Crippen LogP contribution < -0.4 is 20.7 Å². The number of nitrogens with zero attached hydrogens (tertiary/aromatic N) is 2. The number of methoxy groups -OCH3 is 1. The molecule has 38 heavy (non-hydrogen) atoms. The molecule has 198 valence electrons. The van der Waals surface area contributed by atoms with E-state index in [0.717, 1.165) is 10.2 Å². The number of carbonyl (C=O) groups excluding carboxylic acids is 4. The van der Waals surface area contributed by atoms with E-state index in [1.165, 1.54) is 28.4 Å². The van der Waals surface area contributed by atoms with Gasteiger partial charge in [0.15, 0.2) is 5.82 Å². The molecule has 1 fully saturated rings. The van der Waals surface area contributed by atoms with Gasteiger partial charge in [-0.1, -0.05) is 6.92 Å². The quantitative estimate of drug-likeness (QED) is 0.410. The fraction of sp³-hybridized carbons (Fsp3) is 0.346. The van der Waals surface area contributed by atoms with Gasteiger partial charge in [0.25, 0.3) is 5.91 Å². The molecule has 12 heteroatoms.